The van der Waals surface area contributed by atoms with Gasteiger partial charge in [-0.1, -0.05) is 11.8 Å². The van der Waals surface area contributed by atoms with E-state index in [9.17, 15) is 14.4 Å². The predicted molar refractivity (Wildman–Crippen MR) is 132 cm³/mol. The molecular formula is C24H26N4O3S2. The number of nitrogens with zero attached hydrogens (tertiary/aromatic N) is 3. The summed E-state index contributed by atoms with van der Waals surface area (Å²) in [5.41, 5.74) is 2.45. The zero-order valence-corrected chi connectivity index (χ0v) is 20.1. The number of carbonyl (C=O) groups excluding carboxylic acids is 3. The highest BCUT2D eigenvalue weighted by molar-refractivity contribution is 8.15. The van der Waals surface area contributed by atoms with E-state index in [0.717, 1.165) is 37.5 Å². The lowest BCUT2D eigenvalue weighted by molar-refractivity contribution is -0.121. The molecule has 1 fully saturated rings. The topological polar surface area (TPSA) is 82.1 Å². The Hall–Kier alpha value is -2.65. The Morgan fingerprint density at radius 1 is 1.12 bits per heavy atom. The Kier molecular flexibility index (Phi) is 6.25. The summed E-state index contributed by atoms with van der Waals surface area (Å²) < 4.78 is 0. The number of amides is 3. The number of hydrogen-bond donors (Lipinski definition) is 1. The van der Waals surface area contributed by atoms with Crippen LogP contribution in [0.1, 0.15) is 53.0 Å². The number of thiophene rings is 1. The van der Waals surface area contributed by atoms with E-state index in [-0.39, 0.29) is 30.2 Å². The lowest BCUT2D eigenvalue weighted by Crippen LogP contribution is -2.38. The number of amidine groups is 1. The van der Waals surface area contributed by atoms with Crippen LogP contribution in [0.4, 0.5) is 5.69 Å². The molecule has 1 aromatic carbocycles. The fourth-order valence-electron chi connectivity index (χ4n) is 4.58. The van der Waals surface area contributed by atoms with E-state index in [4.69, 9.17) is 0 Å². The quantitative estimate of drug-likeness (QED) is 0.714. The second-order valence-electron chi connectivity index (χ2n) is 8.59. The van der Waals surface area contributed by atoms with Crippen molar-refractivity contribution >= 4 is 51.7 Å². The minimum atomic E-state index is -0.468. The van der Waals surface area contributed by atoms with Crippen molar-refractivity contribution in [1.82, 2.24) is 9.80 Å². The molecule has 1 N–H and O–H groups in total. The number of nitrogens with one attached hydrogen (secondary N) is 1. The van der Waals surface area contributed by atoms with Crippen LogP contribution in [0.3, 0.4) is 0 Å². The molecule has 3 aliphatic rings. The van der Waals surface area contributed by atoms with Crippen LogP contribution in [0, 0.1) is 0 Å². The Labute approximate surface area is 201 Å². The van der Waals surface area contributed by atoms with E-state index in [1.807, 2.05) is 4.90 Å². The molecular weight excluding hydrogens is 456 g/mol. The van der Waals surface area contributed by atoms with Crippen molar-refractivity contribution in [2.24, 2.45) is 4.99 Å². The number of carbonyl (C=O) groups is 3. The van der Waals surface area contributed by atoms with Gasteiger partial charge in [-0.25, -0.2) is 0 Å². The highest BCUT2D eigenvalue weighted by Crippen LogP contribution is 2.34. The molecule has 1 aromatic heterocycles. The first-order valence-electron chi connectivity index (χ1n) is 11.3. The third-order valence-corrected chi connectivity index (χ3v) is 8.64. The normalized spacial score (nSPS) is 22.3. The molecule has 3 aliphatic heterocycles. The number of aliphatic imine (C=N–C) groups is 1. The van der Waals surface area contributed by atoms with Crippen LogP contribution in [-0.4, -0.2) is 57.6 Å². The van der Waals surface area contributed by atoms with Gasteiger partial charge in [0.05, 0.1) is 6.04 Å². The molecule has 2 aromatic rings. The highest BCUT2D eigenvalue weighted by Gasteiger charge is 2.34. The monoisotopic (exact) mass is 482 g/mol. The maximum Gasteiger partial charge on any atom is 0.262 e. The molecule has 0 radical (unpaired) electrons. The number of likely N-dealkylation sites (tertiary alicyclic amines) is 1. The van der Waals surface area contributed by atoms with Crippen LogP contribution in [-0.2, 0) is 16.0 Å². The molecule has 0 spiro atoms. The fraction of sp³-hybridized carbons (Fsp3) is 0.417. The Morgan fingerprint density at radius 2 is 1.88 bits per heavy atom. The molecule has 0 saturated carbocycles. The van der Waals surface area contributed by atoms with Gasteiger partial charge in [0.15, 0.2) is 5.17 Å². The average molecular weight is 483 g/mol. The summed E-state index contributed by atoms with van der Waals surface area (Å²) in [4.78, 5) is 47.4. The van der Waals surface area contributed by atoms with E-state index >= 15 is 0 Å². The van der Waals surface area contributed by atoms with Gasteiger partial charge in [0.2, 0.25) is 5.91 Å². The first-order chi connectivity index (χ1) is 16.0. The van der Waals surface area contributed by atoms with Crippen molar-refractivity contribution in [2.45, 2.75) is 43.9 Å². The number of thioether (sulfide) groups is 1. The van der Waals surface area contributed by atoms with Crippen LogP contribution in [0.5, 0.6) is 0 Å². The van der Waals surface area contributed by atoms with Gasteiger partial charge in [0.1, 0.15) is 5.25 Å². The van der Waals surface area contributed by atoms with Gasteiger partial charge in [-0.2, -0.15) is 4.99 Å². The maximum absolute atomic E-state index is 13.1. The van der Waals surface area contributed by atoms with Crippen LogP contribution >= 0.6 is 23.1 Å². The summed E-state index contributed by atoms with van der Waals surface area (Å²) in [6.07, 6.45) is 3.20. The lowest BCUT2D eigenvalue weighted by atomic mass is 10.0. The Morgan fingerprint density at radius 3 is 2.64 bits per heavy atom. The molecule has 0 unspecified atom stereocenters. The Balaban J connectivity index is 1.16. The molecule has 1 saturated heterocycles. The number of anilines is 1. The van der Waals surface area contributed by atoms with Gasteiger partial charge in [-0.05, 0) is 67.5 Å². The van der Waals surface area contributed by atoms with E-state index < -0.39 is 5.25 Å². The molecule has 9 heteroatoms. The summed E-state index contributed by atoms with van der Waals surface area (Å²) in [7, 11) is 0. The van der Waals surface area contributed by atoms with Crippen molar-refractivity contribution in [3.05, 3.63) is 51.7 Å². The van der Waals surface area contributed by atoms with Crippen molar-refractivity contribution in [2.75, 3.05) is 25.0 Å². The predicted octanol–water partition coefficient (Wildman–Crippen LogP) is 3.93. The van der Waals surface area contributed by atoms with Crippen LogP contribution in [0.25, 0.3) is 0 Å². The molecule has 2 atom stereocenters. The lowest BCUT2D eigenvalue weighted by Gasteiger charge is -2.33. The second kappa shape index (κ2) is 9.30. The summed E-state index contributed by atoms with van der Waals surface area (Å²) >= 11 is 3.14. The minimum Gasteiger partial charge on any atom is -0.351 e. The number of hydrogen-bond acceptors (Lipinski definition) is 6. The molecule has 3 amide bonds. The summed E-state index contributed by atoms with van der Waals surface area (Å²) in [5, 5.41) is 5.21. The van der Waals surface area contributed by atoms with Gasteiger partial charge in [-0.15, -0.1) is 11.3 Å². The molecule has 5 rings (SSSR count). The smallest absolute Gasteiger partial charge is 0.262 e. The van der Waals surface area contributed by atoms with E-state index in [0.29, 0.717) is 17.8 Å². The fourth-order valence-corrected chi connectivity index (χ4v) is 6.66. The van der Waals surface area contributed by atoms with Crippen molar-refractivity contribution < 1.29 is 14.4 Å². The molecule has 7 nitrogen and oxygen atoms in total. The van der Waals surface area contributed by atoms with Gasteiger partial charge in [0, 0.05) is 42.2 Å². The highest BCUT2D eigenvalue weighted by atomic mass is 32.2. The summed E-state index contributed by atoms with van der Waals surface area (Å²) in [6.45, 7) is 4.63. The molecule has 4 heterocycles. The third kappa shape index (κ3) is 4.56. The zero-order chi connectivity index (χ0) is 22.9. The van der Waals surface area contributed by atoms with Gasteiger partial charge in [0.25, 0.3) is 11.8 Å². The van der Waals surface area contributed by atoms with Crippen molar-refractivity contribution in [3.63, 3.8) is 0 Å². The molecule has 33 heavy (non-hydrogen) atoms. The molecule has 172 valence electrons. The van der Waals surface area contributed by atoms with Gasteiger partial charge >= 0.3 is 0 Å². The standard InChI is InChI=1S/C24H26N4O3S2/c1-15-18-9-13-32-19(18)8-12-28(15)23(31)16-4-6-17(7-5-16)25-21(29)14-20-22(30)26-24(33-20)27-10-2-3-11-27/h4-7,9,13,15,20H,2-3,8,10-12,14H2,1H3,(H,25,29)/t15-,20+/m0/s1. The van der Waals surface area contributed by atoms with E-state index in [2.05, 4.69) is 33.6 Å². The summed E-state index contributed by atoms with van der Waals surface area (Å²) in [6, 6.07) is 9.14. The first-order valence-corrected chi connectivity index (χ1v) is 13.1. The third-order valence-electron chi connectivity index (χ3n) is 6.43. The van der Waals surface area contributed by atoms with Crippen LogP contribution in [0.2, 0.25) is 0 Å². The van der Waals surface area contributed by atoms with E-state index in [1.54, 1.807) is 35.6 Å². The van der Waals surface area contributed by atoms with Gasteiger partial charge in [-0.3, -0.25) is 14.4 Å². The first kappa shape index (κ1) is 22.2. The largest absolute Gasteiger partial charge is 0.351 e. The number of benzene rings is 1. The molecule has 0 bridgehead atoms. The Bertz CT molecular complexity index is 1110. The van der Waals surface area contributed by atoms with Gasteiger partial charge < -0.3 is 15.1 Å². The zero-order valence-electron chi connectivity index (χ0n) is 18.5. The minimum absolute atomic E-state index is 0.00299. The van der Waals surface area contributed by atoms with Crippen LogP contribution in [0.15, 0.2) is 40.7 Å². The molecule has 0 aliphatic carbocycles. The van der Waals surface area contributed by atoms with Crippen molar-refractivity contribution in [3.8, 4) is 0 Å². The average Bonchev–Trinajstić information content (AvgIpc) is 3.56. The second-order valence-corrected chi connectivity index (χ2v) is 10.8. The van der Waals surface area contributed by atoms with E-state index in [1.165, 1.54) is 22.2 Å². The SMILES string of the molecule is C[C@H]1c2ccsc2CCN1C(=O)c1ccc(NC(=O)C[C@H]2SC(N3CCCC3)=NC2=O)cc1. The van der Waals surface area contributed by atoms with Crippen LogP contribution < -0.4 is 5.32 Å². The maximum atomic E-state index is 13.1. The number of fused-ring (bicyclic) bond motifs is 1. The summed E-state index contributed by atoms with van der Waals surface area (Å²) in [5.74, 6) is -0.466. The number of rotatable bonds is 4. The van der Waals surface area contributed by atoms with Crippen molar-refractivity contribution in [1.29, 1.82) is 0 Å².